The molecule has 2 aromatic rings. The molecule has 0 bridgehead atoms. The maximum atomic E-state index is 13.5. The van der Waals surface area contributed by atoms with Crippen LogP contribution in [0.15, 0.2) is 36.4 Å². The van der Waals surface area contributed by atoms with Gasteiger partial charge in [-0.05, 0) is 36.8 Å². The highest BCUT2D eigenvalue weighted by molar-refractivity contribution is 5.73. The Hall–Kier alpha value is -2.10. The lowest BCUT2D eigenvalue weighted by Crippen LogP contribution is -2.01. The van der Waals surface area contributed by atoms with E-state index in [1.807, 2.05) is 25.1 Å². The molecular formula is C13H12F2N2. The maximum Gasteiger partial charge on any atom is 0.184 e. The van der Waals surface area contributed by atoms with E-state index >= 15 is 0 Å². The lowest BCUT2D eigenvalue weighted by Gasteiger charge is -2.11. The summed E-state index contributed by atoms with van der Waals surface area (Å²) in [5, 5.41) is 2.78. The predicted octanol–water partition coefficient (Wildman–Crippen LogP) is 3.60. The van der Waals surface area contributed by atoms with Crippen molar-refractivity contribution in [1.29, 1.82) is 0 Å². The third-order valence-electron chi connectivity index (χ3n) is 2.41. The number of halogens is 2. The molecule has 0 saturated heterocycles. The summed E-state index contributed by atoms with van der Waals surface area (Å²) in [6, 6.07) is 9.66. The summed E-state index contributed by atoms with van der Waals surface area (Å²) in [7, 11) is 0. The van der Waals surface area contributed by atoms with Crippen molar-refractivity contribution in [1.82, 2.24) is 0 Å². The van der Waals surface area contributed by atoms with E-state index in [0.29, 0.717) is 5.69 Å². The van der Waals surface area contributed by atoms with Crippen molar-refractivity contribution < 1.29 is 8.78 Å². The molecule has 17 heavy (non-hydrogen) atoms. The van der Waals surface area contributed by atoms with Gasteiger partial charge >= 0.3 is 0 Å². The molecule has 0 fully saturated rings. The van der Waals surface area contributed by atoms with Crippen molar-refractivity contribution in [3.8, 4) is 0 Å². The van der Waals surface area contributed by atoms with Crippen molar-refractivity contribution in [2.75, 3.05) is 11.1 Å². The second-order valence-corrected chi connectivity index (χ2v) is 3.82. The summed E-state index contributed by atoms with van der Waals surface area (Å²) in [5.41, 5.74) is 7.43. The summed E-state index contributed by atoms with van der Waals surface area (Å²) < 4.78 is 26.6. The average molecular weight is 234 g/mol. The Bertz CT molecular complexity index is 553. The quantitative estimate of drug-likeness (QED) is 0.779. The number of benzene rings is 2. The number of hydrogen-bond acceptors (Lipinski definition) is 2. The highest BCUT2D eigenvalue weighted by Gasteiger charge is 2.11. The molecule has 2 aromatic carbocycles. The SMILES string of the molecule is Cc1cccc(Nc2c(N)ccc(F)c2F)c1. The summed E-state index contributed by atoms with van der Waals surface area (Å²) >= 11 is 0. The second-order valence-electron chi connectivity index (χ2n) is 3.82. The Morgan fingerprint density at radius 2 is 1.88 bits per heavy atom. The van der Waals surface area contributed by atoms with Crippen LogP contribution in [0.3, 0.4) is 0 Å². The van der Waals surface area contributed by atoms with E-state index in [4.69, 9.17) is 5.73 Å². The molecule has 0 radical (unpaired) electrons. The van der Waals surface area contributed by atoms with Gasteiger partial charge in [0.2, 0.25) is 0 Å². The second kappa shape index (κ2) is 4.41. The Morgan fingerprint density at radius 3 is 2.59 bits per heavy atom. The fourth-order valence-corrected chi connectivity index (χ4v) is 1.56. The number of hydrogen-bond donors (Lipinski definition) is 2. The summed E-state index contributed by atoms with van der Waals surface area (Å²) in [6.07, 6.45) is 0. The molecule has 0 atom stereocenters. The van der Waals surface area contributed by atoms with Crippen LogP contribution in [-0.4, -0.2) is 0 Å². The first-order valence-corrected chi connectivity index (χ1v) is 5.15. The normalized spacial score (nSPS) is 10.3. The fraction of sp³-hybridized carbons (Fsp3) is 0.0769. The number of anilines is 3. The van der Waals surface area contributed by atoms with E-state index in [1.165, 1.54) is 6.07 Å². The van der Waals surface area contributed by atoms with Gasteiger partial charge in [0.15, 0.2) is 11.6 Å². The van der Waals surface area contributed by atoms with Crippen LogP contribution in [-0.2, 0) is 0 Å². The van der Waals surface area contributed by atoms with Crippen LogP contribution in [0.1, 0.15) is 5.56 Å². The molecule has 2 nitrogen and oxygen atoms in total. The lowest BCUT2D eigenvalue weighted by atomic mass is 10.2. The van der Waals surface area contributed by atoms with E-state index in [2.05, 4.69) is 5.32 Å². The topological polar surface area (TPSA) is 38.0 Å². The van der Waals surface area contributed by atoms with Crippen molar-refractivity contribution in [2.24, 2.45) is 0 Å². The molecule has 0 aromatic heterocycles. The molecule has 0 saturated carbocycles. The Balaban J connectivity index is 2.39. The number of nitrogens with two attached hydrogens (primary N) is 1. The highest BCUT2D eigenvalue weighted by atomic mass is 19.2. The zero-order valence-electron chi connectivity index (χ0n) is 9.30. The summed E-state index contributed by atoms with van der Waals surface area (Å²) in [5.74, 6) is -1.89. The van der Waals surface area contributed by atoms with Crippen LogP contribution < -0.4 is 11.1 Å². The molecule has 88 valence electrons. The molecule has 3 N–H and O–H groups in total. The molecule has 0 spiro atoms. The van der Waals surface area contributed by atoms with E-state index < -0.39 is 11.6 Å². The zero-order valence-corrected chi connectivity index (χ0v) is 9.30. The molecule has 0 aliphatic heterocycles. The monoisotopic (exact) mass is 234 g/mol. The largest absolute Gasteiger partial charge is 0.397 e. The number of aryl methyl sites for hydroxylation is 1. The van der Waals surface area contributed by atoms with Gasteiger partial charge in [-0.2, -0.15) is 0 Å². The minimum Gasteiger partial charge on any atom is -0.397 e. The van der Waals surface area contributed by atoms with Gasteiger partial charge in [0, 0.05) is 5.69 Å². The van der Waals surface area contributed by atoms with Gasteiger partial charge in [-0.25, -0.2) is 8.78 Å². The minimum atomic E-state index is -0.966. The van der Waals surface area contributed by atoms with Gasteiger partial charge in [-0.3, -0.25) is 0 Å². The number of nitrogen functional groups attached to an aromatic ring is 1. The van der Waals surface area contributed by atoms with Gasteiger partial charge in [0.25, 0.3) is 0 Å². The predicted molar refractivity (Wildman–Crippen MR) is 65.2 cm³/mol. The first-order chi connectivity index (χ1) is 8.08. The third kappa shape index (κ3) is 2.36. The molecule has 0 unspecified atom stereocenters. The summed E-state index contributed by atoms with van der Waals surface area (Å²) in [4.78, 5) is 0. The van der Waals surface area contributed by atoms with E-state index in [-0.39, 0.29) is 11.4 Å². The van der Waals surface area contributed by atoms with Gasteiger partial charge in [-0.15, -0.1) is 0 Å². The molecular weight excluding hydrogens is 222 g/mol. The van der Waals surface area contributed by atoms with Crippen molar-refractivity contribution >= 4 is 17.1 Å². The number of rotatable bonds is 2. The maximum absolute atomic E-state index is 13.5. The third-order valence-corrected chi connectivity index (χ3v) is 2.41. The van der Waals surface area contributed by atoms with Crippen molar-refractivity contribution in [2.45, 2.75) is 6.92 Å². The lowest BCUT2D eigenvalue weighted by molar-refractivity contribution is 0.512. The van der Waals surface area contributed by atoms with Crippen LogP contribution in [0.2, 0.25) is 0 Å². The van der Waals surface area contributed by atoms with E-state index in [0.717, 1.165) is 11.6 Å². The van der Waals surface area contributed by atoms with Crippen molar-refractivity contribution in [3.05, 3.63) is 53.6 Å². The fourth-order valence-electron chi connectivity index (χ4n) is 1.56. The standard InChI is InChI=1S/C13H12F2N2/c1-8-3-2-4-9(7-8)17-13-11(16)6-5-10(14)12(13)15/h2-7,17H,16H2,1H3. The van der Waals surface area contributed by atoms with Crippen LogP contribution >= 0.6 is 0 Å². The highest BCUT2D eigenvalue weighted by Crippen LogP contribution is 2.28. The number of nitrogens with one attached hydrogen (secondary N) is 1. The molecule has 0 heterocycles. The van der Waals surface area contributed by atoms with Crippen molar-refractivity contribution in [3.63, 3.8) is 0 Å². The molecule has 2 rings (SSSR count). The molecule has 0 aliphatic carbocycles. The van der Waals surface area contributed by atoms with Crippen LogP contribution in [0.4, 0.5) is 25.8 Å². The van der Waals surface area contributed by atoms with Gasteiger partial charge in [-0.1, -0.05) is 12.1 Å². The first kappa shape index (κ1) is 11.4. The summed E-state index contributed by atoms with van der Waals surface area (Å²) in [6.45, 7) is 1.91. The molecule has 0 amide bonds. The Labute approximate surface area is 98.1 Å². The Morgan fingerprint density at radius 1 is 1.12 bits per heavy atom. The van der Waals surface area contributed by atoms with Gasteiger partial charge < -0.3 is 11.1 Å². The van der Waals surface area contributed by atoms with Crippen LogP contribution in [0.25, 0.3) is 0 Å². The van der Waals surface area contributed by atoms with Gasteiger partial charge in [0.1, 0.15) is 5.69 Å². The molecule has 0 aliphatic rings. The van der Waals surface area contributed by atoms with Crippen LogP contribution in [0, 0.1) is 18.6 Å². The minimum absolute atomic E-state index is 0.0319. The molecule has 4 heteroatoms. The van der Waals surface area contributed by atoms with E-state index in [1.54, 1.807) is 6.07 Å². The average Bonchev–Trinajstić information content (AvgIpc) is 2.30. The van der Waals surface area contributed by atoms with Gasteiger partial charge in [0.05, 0.1) is 5.69 Å². The zero-order chi connectivity index (χ0) is 12.4. The van der Waals surface area contributed by atoms with Crippen LogP contribution in [0.5, 0.6) is 0 Å². The van der Waals surface area contributed by atoms with E-state index in [9.17, 15) is 8.78 Å². The Kier molecular flexibility index (Phi) is 2.95. The smallest absolute Gasteiger partial charge is 0.184 e. The first-order valence-electron chi connectivity index (χ1n) is 5.15.